The van der Waals surface area contributed by atoms with E-state index in [2.05, 4.69) is 44.4 Å². The van der Waals surface area contributed by atoms with Gasteiger partial charge in [-0.25, -0.2) is 9.37 Å². The van der Waals surface area contributed by atoms with E-state index < -0.39 is 0 Å². The van der Waals surface area contributed by atoms with Crippen LogP contribution >= 0.6 is 11.3 Å². The van der Waals surface area contributed by atoms with Gasteiger partial charge in [-0.1, -0.05) is 6.92 Å². The molecule has 1 atom stereocenters. The second kappa shape index (κ2) is 10.7. The molecule has 9 nitrogen and oxygen atoms in total. The summed E-state index contributed by atoms with van der Waals surface area (Å²) in [7, 11) is 4.11. The van der Waals surface area contributed by atoms with Crippen LogP contribution in [0.25, 0.3) is 11.3 Å². The number of hydrogen-bond acceptors (Lipinski definition) is 9. The second-order valence-corrected chi connectivity index (χ2v) is 9.41. The summed E-state index contributed by atoms with van der Waals surface area (Å²) in [6.45, 7) is 6.48. The first kappa shape index (κ1) is 24.4. The minimum Gasteiger partial charge on any atom is -0.370 e. The van der Waals surface area contributed by atoms with Crippen molar-refractivity contribution in [2.24, 2.45) is 5.73 Å². The number of hydrogen-bond donors (Lipinski definition) is 3. The van der Waals surface area contributed by atoms with Crippen molar-refractivity contribution in [3.05, 3.63) is 47.0 Å². The van der Waals surface area contributed by atoms with Crippen LogP contribution in [0.2, 0.25) is 0 Å². The number of aromatic nitrogens is 1. The average molecular weight is 489 g/mol. The van der Waals surface area contributed by atoms with E-state index in [1.807, 2.05) is 12.4 Å². The van der Waals surface area contributed by atoms with Crippen molar-refractivity contribution >= 4 is 22.4 Å². The highest BCUT2D eigenvalue weighted by Gasteiger charge is 2.33. The van der Waals surface area contributed by atoms with Crippen molar-refractivity contribution in [3.63, 3.8) is 0 Å². The Kier molecular flexibility index (Phi) is 7.67. The maximum atomic E-state index is 13.3. The van der Waals surface area contributed by atoms with E-state index in [1.54, 1.807) is 23.5 Å². The molecule has 2 aromatic rings. The van der Waals surface area contributed by atoms with E-state index in [0.717, 1.165) is 61.4 Å². The minimum absolute atomic E-state index is 0.0245. The molecule has 1 aromatic heterocycles. The Hall–Kier alpha value is -2.73. The standard InChI is InChI=1S/C23H33FN8OS/c1-4-19-21(30(3)23-26-18(15-34-23)16-5-7-17(24)8-6-16)27-28-22(29(19)2)32-13-11-31(12-14-32)10-9-20(25)33/h5-8,15,22,27-28H,4,9-14H2,1-3H3,(H2,25,33). The summed E-state index contributed by atoms with van der Waals surface area (Å²) < 4.78 is 13.3. The molecule has 184 valence electrons. The number of hydrazine groups is 1. The zero-order chi connectivity index (χ0) is 24.2. The SMILES string of the molecule is CCC1=C(N(C)c2nc(-c3ccc(F)cc3)cs2)NNC(N2CCN(CCC(N)=O)CC2)N1C. The number of piperazine rings is 1. The maximum Gasteiger partial charge on any atom is 0.218 e. The topological polar surface area (TPSA) is 93.0 Å². The van der Waals surface area contributed by atoms with E-state index in [0.29, 0.717) is 6.42 Å². The normalized spacial score (nSPS) is 19.9. The number of rotatable bonds is 8. The third kappa shape index (κ3) is 5.33. The second-order valence-electron chi connectivity index (χ2n) is 8.58. The number of nitrogens with two attached hydrogens (primary N) is 1. The number of allylic oxidation sites excluding steroid dienone is 1. The molecule has 2 aliphatic rings. The first-order chi connectivity index (χ1) is 16.4. The van der Waals surface area contributed by atoms with Gasteiger partial charge < -0.3 is 25.9 Å². The van der Waals surface area contributed by atoms with E-state index >= 15 is 0 Å². The molecule has 1 saturated heterocycles. The summed E-state index contributed by atoms with van der Waals surface area (Å²) in [5.74, 6) is 0.456. The third-order valence-corrected chi connectivity index (χ3v) is 7.32. The van der Waals surface area contributed by atoms with Crippen LogP contribution in [-0.4, -0.2) is 78.7 Å². The van der Waals surface area contributed by atoms with Crippen LogP contribution in [0.5, 0.6) is 0 Å². The molecule has 34 heavy (non-hydrogen) atoms. The lowest BCUT2D eigenvalue weighted by atomic mass is 10.2. The fourth-order valence-corrected chi connectivity index (χ4v) is 5.22. The lowest BCUT2D eigenvalue weighted by Gasteiger charge is -2.47. The quantitative estimate of drug-likeness (QED) is 0.518. The predicted molar refractivity (Wildman–Crippen MR) is 133 cm³/mol. The number of benzene rings is 1. The van der Waals surface area contributed by atoms with Gasteiger partial charge >= 0.3 is 0 Å². The van der Waals surface area contributed by atoms with Gasteiger partial charge in [0.15, 0.2) is 11.4 Å². The number of nitrogens with one attached hydrogen (secondary N) is 2. The lowest BCUT2D eigenvalue weighted by Crippen LogP contribution is -2.66. The number of thiazole rings is 1. The van der Waals surface area contributed by atoms with Crippen LogP contribution in [0.15, 0.2) is 41.2 Å². The first-order valence-electron chi connectivity index (χ1n) is 11.5. The number of carbonyl (C=O) groups is 1. The largest absolute Gasteiger partial charge is 0.370 e. The first-order valence-corrected chi connectivity index (χ1v) is 12.4. The van der Waals surface area contributed by atoms with Crippen molar-refractivity contribution in [2.75, 3.05) is 51.7 Å². The van der Waals surface area contributed by atoms with Gasteiger partial charge in [0, 0.05) is 64.2 Å². The molecule has 11 heteroatoms. The Morgan fingerprint density at radius 3 is 2.62 bits per heavy atom. The summed E-state index contributed by atoms with van der Waals surface area (Å²) >= 11 is 1.55. The van der Waals surface area contributed by atoms with Crippen LogP contribution < -0.4 is 21.5 Å². The van der Waals surface area contributed by atoms with E-state index in [1.165, 1.54) is 17.8 Å². The molecular weight excluding hydrogens is 455 g/mol. The Balaban J connectivity index is 1.44. The Morgan fingerprint density at radius 1 is 1.26 bits per heavy atom. The molecule has 4 N–H and O–H groups in total. The molecule has 2 aliphatic heterocycles. The predicted octanol–water partition coefficient (Wildman–Crippen LogP) is 1.78. The lowest BCUT2D eigenvalue weighted by molar-refractivity contribution is -0.118. The van der Waals surface area contributed by atoms with Gasteiger partial charge in [-0.15, -0.1) is 11.3 Å². The molecule has 1 fully saturated rings. The van der Waals surface area contributed by atoms with E-state index in [-0.39, 0.29) is 18.0 Å². The van der Waals surface area contributed by atoms with Crippen molar-refractivity contribution in [1.29, 1.82) is 0 Å². The summed E-state index contributed by atoms with van der Waals surface area (Å²) in [6.07, 6.45) is 1.29. The average Bonchev–Trinajstić information content (AvgIpc) is 3.33. The van der Waals surface area contributed by atoms with Crippen LogP contribution in [0, 0.1) is 5.82 Å². The zero-order valence-electron chi connectivity index (χ0n) is 19.9. The molecule has 0 radical (unpaired) electrons. The van der Waals surface area contributed by atoms with Gasteiger partial charge in [-0.05, 0) is 30.7 Å². The smallest absolute Gasteiger partial charge is 0.218 e. The van der Waals surface area contributed by atoms with Crippen LogP contribution in [0.3, 0.4) is 0 Å². The molecule has 4 rings (SSSR count). The van der Waals surface area contributed by atoms with Gasteiger partial charge in [0.05, 0.1) is 11.4 Å². The highest BCUT2D eigenvalue weighted by atomic mass is 32.1. The molecule has 0 spiro atoms. The Morgan fingerprint density at radius 2 is 1.97 bits per heavy atom. The van der Waals surface area contributed by atoms with Crippen molar-refractivity contribution in [1.82, 2.24) is 30.5 Å². The zero-order valence-corrected chi connectivity index (χ0v) is 20.7. The van der Waals surface area contributed by atoms with Gasteiger partial charge in [-0.3, -0.25) is 9.69 Å². The molecule has 0 bridgehead atoms. The molecular formula is C23H33FN8OS. The molecule has 1 aromatic carbocycles. The highest BCUT2D eigenvalue weighted by Crippen LogP contribution is 2.30. The minimum atomic E-state index is -0.254. The van der Waals surface area contributed by atoms with Crippen molar-refractivity contribution < 1.29 is 9.18 Å². The van der Waals surface area contributed by atoms with Gasteiger partial charge in [-0.2, -0.15) is 5.43 Å². The summed E-state index contributed by atoms with van der Waals surface area (Å²) in [5.41, 5.74) is 15.1. The van der Waals surface area contributed by atoms with Gasteiger partial charge in [0.25, 0.3) is 0 Å². The number of primary amides is 1. The fraction of sp³-hybridized carbons (Fsp3) is 0.478. The summed E-state index contributed by atoms with van der Waals surface area (Å²) in [6, 6.07) is 6.40. The highest BCUT2D eigenvalue weighted by molar-refractivity contribution is 7.14. The monoisotopic (exact) mass is 488 g/mol. The Labute approximate surface area is 204 Å². The molecule has 1 unspecified atom stereocenters. The van der Waals surface area contributed by atoms with Crippen LogP contribution in [0.4, 0.5) is 9.52 Å². The number of amides is 1. The van der Waals surface area contributed by atoms with Gasteiger partial charge in [0.2, 0.25) is 5.91 Å². The molecule has 0 saturated carbocycles. The summed E-state index contributed by atoms with van der Waals surface area (Å²) in [5, 5.41) is 2.84. The van der Waals surface area contributed by atoms with Crippen LogP contribution in [-0.2, 0) is 4.79 Å². The molecule has 0 aliphatic carbocycles. The van der Waals surface area contributed by atoms with Crippen molar-refractivity contribution in [2.45, 2.75) is 26.1 Å². The summed E-state index contributed by atoms with van der Waals surface area (Å²) in [4.78, 5) is 24.9. The van der Waals surface area contributed by atoms with E-state index in [9.17, 15) is 9.18 Å². The number of carbonyl (C=O) groups excluding carboxylic acids is 1. The fourth-order valence-electron chi connectivity index (χ4n) is 4.41. The number of nitrogens with zero attached hydrogens (tertiary/aromatic N) is 5. The number of halogens is 1. The van der Waals surface area contributed by atoms with Gasteiger partial charge in [0.1, 0.15) is 11.6 Å². The molecule has 3 heterocycles. The maximum absolute atomic E-state index is 13.3. The van der Waals surface area contributed by atoms with E-state index in [4.69, 9.17) is 10.7 Å². The Bertz CT molecular complexity index is 1020. The third-order valence-electron chi connectivity index (χ3n) is 6.40. The molecule has 1 amide bonds. The van der Waals surface area contributed by atoms with Crippen molar-refractivity contribution in [3.8, 4) is 11.3 Å². The van der Waals surface area contributed by atoms with Crippen LogP contribution in [0.1, 0.15) is 19.8 Å². The number of anilines is 1.